The van der Waals surface area contributed by atoms with Crippen molar-refractivity contribution in [1.29, 1.82) is 0 Å². The summed E-state index contributed by atoms with van der Waals surface area (Å²) in [6.45, 7) is 6.68. The minimum atomic E-state index is 0.115. The van der Waals surface area contributed by atoms with Gasteiger partial charge in [0.1, 0.15) is 0 Å². The minimum Gasteiger partial charge on any atom is -0.377 e. The standard InChI is InChI=1S/C12H22N2OS/c1-10(2)15-7-6-14(3)9-11(13)12-5-4-8-16-12/h4-5,8,10-11H,6-7,9,13H2,1-3H3. The van der Waals surface area contributed by atoms with Crippen molar-refractivity contribution in [3.63, 3.8) is 0 Å². The molecular weight excluding hydrogens is 220 g/mol. The highest BCUT2D eigenvalue weighted by atomic mass is 32.1. The molecule has 1 heterocycles. The van der Waals surface area contributed by atoms with Crippen LogP contribution in [0.25, 0.3) is 0 Å². The lowest BCUT2D eigenvalue weighted by molar-refractivity contribution is 0.0630. The van der Waals surface area contributed by atoms with Gasteiger partial charge in [0.05, 0.1) is 18.8 Å². The molecule has 0 spiro atoms. The normalized spacial score (nSPS) is 13.6. The second-order valence-electron chi connectivity index (χ2n) is 4.30. The Morgan fingerprint density at radius 1 is 1.50 bits per heavy atom. The largest absolute Gasteiger partial charge is 0.377 e. The van der Waals surface area contributed by atoms with Crippen LogP contribution in [0.4, 0.5) is 0 Å². The first-order valence-electron chi connectivity index (χ1n) is 5.68. The summed E-state index contributed by atoms with van der Waals surface area (Å²) in [6, 6.07) is 4.25. The lowest BCUT2D eigenvalue weighted by atomic mass is 10.2. The van der Waals surface area contributed by atoms with Gasteiger partial charge in [0.2, 0.25) is 0 Å². The van der Waals surface area contributed by atoms with Crippen LogP contribution in [0.15, 0.2) is 17.5 Å². The molecule has 0 aliphatic carbocycles. The number of likely N-dealkylation sites (N-methyl/N-ethyl adjacent to an activating group) is 1. The fourth-order valence-corrected chi connectivity index (χ4v) is 2.18. The van der Waals surface area contributed by atoms with E-state index in [9.17, 15) is 0 Å². The molecule has 0 saturated heterocycles. The lowest BCUT2D eigenvalue weighted by Gasteiger charge is -2.21. The summed E-state index contributed by atoms with van der Waals surface area (Å²) in [5.74, 6) is 0. The van der Waals surface area contributed by atoms with Crippen molar-refractivity contribution in [2.24, 2.45) is 5.73 Å². The first kappa shape index (κ1) is 13.6. The van der Waals surface area contributed by atoms with Crippen LogP contribution in [0.2, 0.25) is 0 Å². The van der Waals surface area contributed by atoms with E-state index < -0.39 is 0 Å². The Morgan fingerprint density at radius 3 is 2.81 bits per heavy atom. The van der Waals surface area contributed by atoms with Crippen LogP contribution >= 0.6 is 11.3 Å². The van der Waals surface area contributed by atoms with E-state index >= 15 is 0 Å². The molecule has 0 aromatic carbocycles. The fourth-order valence-electron chi connectivity index (χ4n) is 1.46. The van der Waals surface area contributed by atoms with E-state index in [0.29, 0.717) is 6.10 Å². The Balaban J connectivity index is 2.21. The molecule has 92 valence electrons. The van der Waals surface area contributed by atoms with Gasteiger partial charge in [0.25, 0.3) is 0 Å². The maximum absolute atomic E-state index is 6.10. The predicted octanol–water partition coefficient (Wildman–Crippen LogP) is 2.10. The third-order valence-electron chi connectivity index (χ3n) is 2.34. The summed E-state index contributed by atoms with van der Waals surface area (Å²) in [4.78, 5) is 3.46. The van der Waals surface area contributed by atoms with Gasteiger partial charge in [0.15, 0.2) is 0 Å². The maximum atomic E-state index is 6.10. The van der Waals surface area contributed by atoms with Crippen molar-refractivity contribution >= 4 is 11.3 Å². The average Bonchev–Trinajstić information content (AvgIpc) is 2.69. The van der Waals surface area contributed by atoms with E-state index in [2.05, 4.69) is 37.2 Å². The van der Waals surface area contributed by atoms with Gasteiger partial charge in [-0.2, -0.15) is 0 Å². The van der Waals surface area contributed by atoms with Gasteiger partial charge in [-0.25, -0.2) is 0 Å². The maximum Gasteiger partial charge on any atom is 0.0596 e. The van der Waals surface area contributed by atoms with Crippen LogP contribution in [-0.2, 0) is 4.74 Å². The molecule has 1 aromatic heterocycles. The number of ether oxygens (including phenoxy) is 1. The average molecular weight is 242 g/mol. The number of nitrogens with two attached hydrogens (primary N) is 1. The molecule has 0 amide bonds. The lowest BCUT2D eigenvalue weighted by Crippen LogP contribution is -2.31. The van der Waals surface area contributed by atoms with Crippen molar-refractivity contribution in [2.45, 2.75) is 26.0 Å². The molecule has 1 aromatic rings. The highest BCUT2D eigenvalue weighted by Crippen LogP contribution is 2.17. The molecule has 4 heteroatoms. The minimum absolute atomic E-state index is 0.115. The zero-order valence-corrected chi connectivity index (χ0v) is 11.2. The third-order valence-corrected chi connectivity index (χ3v) is 3.35. The van der Waals surface area contributed by atoms with Gasteiger partial charge in [-0.1, -0.05) is 6.07 Å². The number of hydrogen-bond acceptors (Lipinski definition) is 4. The van der Waals surface area contributed by atoms with Crippen molar-refractivity contribution in [3.05, 3.63) is 22.4 Å². The van der Waals surface area contributed by atoms with E-state index in [4.69, 9.17) is 10.5 Å². The number of thiophene rings is 1. The second kappa shape index (κ2) is 7.01. The molecule has 16 heavy (non-hydrogen) atoms. The fraction of sp³-hybridized carbons (Fsp3) is 0.667. The number of hydrogen-bond donors (Lipinski definition) is 1. The predicted molar refractivity (Wildman–Crippen MR) is 69.8 cm³/mol. The zero-order valence-electron chi connectivity index (χ0n) is 10.3. The van der Waals surface area contributed by atoms with Crippen LogP contribution in [0.3, 0.4) is 0 Å². The van der Waals surface area contributed by atoms with Gasteiger partial charge in [-0.15, -0.1) is 11.3 Å². The molecule has 1 unspecified atom stereocenters. The summed E-state index contributed by atoms with van der Waals surface area (Å²) in [6.07, 6.45) is 0.305. The SMILES string of the molecule is CC(C)OCCN(C)CC(N)c1cccs1. The highest BCUT2D eigenvalue weighted by Gasteiger charge is 2.09. The van der Waals surface area contributed by atoms with Crippen molar-refractivity contribution in [1.82, 2.24) is 4.90 Å². The van der Waals surface area contributed by atoms with E-state index in [0.717, 1.165) is 19.7 Å². The smallest absolute Gasteiger partial charge is 0.0596 e. The van der Waals surface area contributed by atoms with Gasteiger partial charge in [0, 0.05) is 18.0 Å². The summed E-state index contributed by atoms with van der Waals surface area (Å²) >= 11 is 1.72. The van der Waals surface area contributed by atoms with E-state index in [-0.39, 0.29) is 6.04 Å². The molecule has 0 radical (unpaired) electrons. The molecular formula is C12H22N2OS. The van der Waals surface area contributed by atoms with Crippen LogP contribution in [0, 0.1) is 0 Å². The molecule has 0 fully saturated rings. The summed E-state index contributed by atoms with van der Waals surface area (Å²) in [7, 11) is 2.08. The Bertz CT molecular complexity index is 275. The van der Waals surface area contributed by atoms with Crippen molar-refractivity contribution in [2.75, 3.05) is 26.7 Å². The van der Waals surface area contributed by atoms with Crippen LogP contribution in [0.5, 0.6) is 0 Å². The van der Waals surface area contributed by atoms with E-state index in [1.54, 1.807) is 11.3 Å². The van der Waals surface area contributed by atoms with Gasteiger partial charge in [-0.3, -0.25) is 0 Å². The van der Waals surface area contributed by atoms with Gasteiger partial charge >= 0.3 is 0 Å². The number of rotatable bonds is 7. The summed E-state index contributed by atoms with van der Waals surface area (Å²) in [5.41, 5.74) is 6.10. The molecule has 0 bridgehead atoms. The molecule has 3 nitrogen and oxygen atoms in total. The van der Waals surface area contributed by atoms with Crippen molar-refractivity contribution in [3.8, 4) is 0 Å². The molecule has 0 saturated carbocycles. The third kappa shape index (κ3) is 5.07. The molecule has 0 aliphatic rings. The van der Waals surface area contributed by atoms with E-state index in [1.165, 1.54) is 4.88 Å². The topological polar surface area (TPSA) is 38.5 Å². The van der Waals surface area contributed by atoms with E-state index in [1.807, 2.05) is 6.07 Å². The molecule has 2 N–H and O–H groups in total. The second-order valence-corrected chi connectivity index (χ2v) is 5.28. The zero-order chi connectivity index (χ0) is 12.0. The van der Waals surface area contributed by atoms with Gasteiger partial charge in [-0.05, 0) is 32.3 Å². The quantitative estimate of drug-likeness (QED) is 0.796. The first-order chi connectivity index (χ1) is 7.59. The van der Waals surface area contributed by atoms with Crippen LogP contribution < -0.4 is 5.73 Å². The van der Waals surface area contributed by atoms with Crippen LogP contribution in [0.1, 0.15) is 24.8 Å². The monoisotopic (exact) mass is 242 g/mol. The Labute approximate surface area is 102 Å². The molecule has 1 rings (SSSR count). The Kier molecular flexibility index (Phi) is 5.98. The van der Waals surface area contributed by atoms with Gasteiger partial charge < -0.3 is 15.4 Å². The summed E-state index contributed by atoms with van der Waals surface area (Å²) in [5, 5.41) is 2.07. The molecule has 0 aliphatic heterocycles. The summed E-state index contributed by atoms with van der Waals surface area (Å²) < 4.78 is 5.50. The number of nitrogens with zero attached hydrogens (tertiary/aromatic N) is 1. The first-order valence-corrected chi connectivity index (χ1v) is 6.56. The Hall–Kier alpha value is -0.420. The van der Waals surface area contributed by atoms with Crippen molar-refractivity contribution < 1.29 is 4.74 Å². The highest BCUT2D eigenvalue weighted by molar-refractivity contribution is 7.10. The molecule has 1 atom stereocenters. The Morgan fingerprint density at radius 2 is 2.25 bits per heavy atom. The van der Waals surface area contributed by atoms with Crippen LogP contribution in [-0.4, -0.2) is 37.7 Å².